The molecule has 0 saturated carbocycles. The third-order valence-electron chi connectivity index (χ3n) is 3.92. The van der Waals surface area contributed by atoms with E-state index in [1.165, 1.54) is 6.07 Å². The molecule has 0 aliphatic rings. The molecular formula is C18H25N2O3+. The first-order valence-electron chi connectivity index (χ1n) is 7.91. The number of nitrogens with one attached hydrogen (secondary N) is 2. The molecule has 0 radical (unpaired) electrons. The van der Waals surface area contributed by atoms with Gasteiger partial charge in [-0.25, -0.2) is 4.79 Å². The Labute approximate surface area is 136 Å². The highest BCUT2D eigenvalue weighted by Crippen LogP contribution is 2.22. The number of fused-ring (bicyclic) bond motifs is 1. The van der Waals surface area contributed by atoms with Gasteiger partial charge in [0.15, 0.2) is 6.54 Å². The molecule has 0 aliphatic heterocycles. The first-order chi connectivity index (χ1) is 10.8. The van der Waals surface area contributed by atoms with Crippen molar-refractivity contribution in [1.29, 1.82) is 0 Å². The highest BCUT2D eigenvalue weighted by atomic mass is 16.4. The maximum atomic E-state index is 11.9. The summed E-state index contributed by atoms with van der Waals surface area (Å²) in [6, 6.07) is 5.67. The van der Waals surface area contributed by atoms with E-state index in [-0.39, 0.29) is 17.6 Å². The average molecular weight is 317 g/mol. The van der Waals surface area contributed by atoms with Crippen molar-refractivity contribution in [2.45, 2.75) is 40.3 Å². The van der Waals surface area contributed by atoms with Crippen LogP contribution in [0, 0.1) is 13.8 Å². The number of rotatable bonds is 5. The third kappa shape index (κ3) is 4.20. The van der Waals surface area contributed by atoms with Crippen LogP contribution in [-0.2, 0) is 11.3 Å². The van der Waals surface area contributed by atoms with Gasteiger partial charge in [0.05, 0.1) is 7.05 Å². The van der Waals surface area contributed by atoms with Crippen molar-refractivity contribution in [3.05, 3.63) is 45.3 Å². The van der Waals surface area contributed by atoms with E-state index in [1.54, 1.807) is 0 Å². The Bertz CT molecular complexity index is 778. The molecule has 124 valence electrons. The van der Waals surface area contributed by atoms with Gasteiger partial charge < -0.3 is 14.6 Å². The molecule has 1 aromatic heterocycles. The van der Waals surface area contributed by atoms with Crippen LogP contribution in [0.4, 0.5) is 0 Å². The Morgan fingerprint density at radius 3 is 2.65 bits per heavy atom. The maximum absolute atomic E-state index is 11.9. The van der Waals surface area contributed by atoms with Crippen molar-refractivity contribution in [1.82, 2.24) is 5.32 Å². The van der Waals surface area contributed by atoms with Crippen LogP contribution in [0.1, 0.15) is 30.5 Å². The number of benzene rings is 1. The van der Waals surface area contributed by atoms with Gasteiger partial charge in [0.1, 0.15) is 12.1 Å². The molecule has 1 unspecified atom stereocenters. The van der Waals surface area contributed by atoms with E-state index in [2.05, 4.69) is 5.32 Å². The number of hydrogen-bond acceptors (Lipinski definition) is 3. The molecular weight excluding hydrogens is 292 g/mol. The van der Waals surface area contributed by atoms with Crippen LogP contribution in [-0.4, -0.2) is 25.5 Å². The number of aryl methyl sites for hydroxylation is 2. The molecule has 23 heavy (non-hydrogen) atoms. The van der Waals surface area contributed by atoms with Gasteiger partial charge in [-0.3, -0.25) is 4.79 Å². The normalized spacial score (nSPS) is 12.6. The van der Waals surface area contributed by atoms with Crippen molar-refractivity contribution in [2.75, 3.05) is 13.6 Å². The molecule has 2 rings (SSSR count). The van der Waals surface area contributed by atoms with Gasteiger partial charge in [-0.1, -0.05) is 12.1 Å². The van der Waals surface area contributed by atoms with Gasteiger partial charge in [-0.15, -0.1) is 0 Å². The maximum Gasteiger partial charge on any atom is 0.336 e. The first-order valence-corrected chi connectivity index (χ1v) is 7.91. The number of carbonyl (C=O) groups is 1. The Morgan fingerprint density at radius 1 is 1.30 bits per heavy atom. The van der Waals surface area contributed by atoms with Crippen LogP contribution in [0.3, 0.4) is 0 Å². The van der Waals surface area contributed by atoms with Gasteiger partial charge in [-0.2, -0.15) is 0 Å². The predicted octanol–water partition coefficient (Wildman–Crippen LogP) is 0.949. The van der Waals surface area contributed by atoms with Crippen molar-refractivity contribution in [3.8, 4) is 0 Å². The molecule has 0 fully saturated rings. The van der Waals surface area contributed by atoms with E-state index in [4.69, 9.17) is 4.42 Å². The Kier molecular flexibility index (Phi) is 5.21. The zero-order valence-corrected chi connectivity index (χ0v) is 14.4. The molecule has 5 heteroatoms. The minimum atomic E-state index is -0.347. The molecule has 0 saturated heterocycles. The van der Waals surface area contributed by atoms with Crippen LogP contribution >= 0.6 is 0 Å². The largest absolute Gasteiger partial charge is 0.422 e. The van der Waals surface area contributed by atoms with E-state index in [1.807, 2.05) is 46.9 Å². The van der Waals surface area contributed by atoms with E-state index >= 15 is 0 Å². The fourth-order valence-corrected chi connectivity index (χ4v) is 2.71. The van der Waals surface area contributed by atoms with Gasteiger partial charge >= 0.3 is 5.63 Å². The van der Waals surface area contributed by atoms with E-state index in [0.717, 1.165) is 27.0 Å². The molecule has 2 N–H and O–H groups in total. The summed E-state index contributed by atoms with van der Waals surface area (Å²) >= 11 is 0. The lowest BCUT2D eigenvalue weighted by molar-refractivity contribution is -0.885. The summed E-state index contributed by atoms with van der Waals surface area (Å²) in [5.74, 6) is 0.0109. The van der Waals surface area contributed by atoms with Crippen molar-refractivity contribution < 1.29 is 14.1 Å². The van der Waals surface area contributed by atoms with Gasteiger partial charge in [-0.05, 0) is 38.8 Å². The van der Waals surface area contributed by atoms with E-state index < -0.39 is 0 Å². The molecule has 5 nitrogen and oxygen atoms in total. The first kappa shape index (κ1) is 17.2. The number of amides is 1. The van der Waals surface area contributed by atoms with Crippen molar-refractivity contribution in [3.63, 3.8) is 0 Å². The molecule has 1 amide bonds. The molecule has 1 atom stereocenters. The molecule has 0 aliphatic carbocycles. The highest BCUT2D eigenvalue weighted by Gasteiger charge is 2.15. The van der Waals surface area contributed by atoms with Crippen molar-refractivity contribution >= 4 is 16.9 Å². The monoisotopic (exact) mass is 317 g/mol. The second-order valence-electron chi connectivity index (χ2n) is 6.51. The number of likely N-dealkylation sites (N-methyl/N-ethyl adjacent to an activating group) is 1. The van der Waals surface area contributed by atoms with Crippen LogP contribution in [0.5, 0.6) is 0 Å². The molecule has 0 bridgehead atoms. The number of hydrogen-bond donors (Lipinski definition) is 2. The predicted molar refractivity (Wildman–Crippen MR) is 90.7 cm³/mol. The summed E-state index contributed by atoms with van der Waals surface area (Å²) in [7, 11) is 1.95. The summed E-state index contributed by atoms with van der Waals surface area (Å²) in [5.41, 5.74) is 3.29. The Hall–Kier alpha value is -2.14. The second-order valence-corrected chi connectivity index (χ2v) is 6.51. The van der Waals surface area contributed by atoms with Gasteiger partial charge in [0, 0.05) is 23.1 Å². The minimum absolute atomic E-state index is 0.0109. The number of quaternary nitrogens is 1. The quantitative estimate of drug-likeness (QED) is 0.807. The van der Waals surface area contributed by atoms with Crippen LogP contribution in [0.25, 0.3) is 11.0 Å². The van der Waals surface area contributed by atoms with E-state index in [0.29, 0.717) is 18.7 Å². The lowest BCUT2D eigenvalue weighted by atomic mass is 10.0. The smallest absolute Gasteiger partial charge is 0.336 e. The highest BCUT2D eigenvalue weighted by molar-refractivity contribution is 5.83. The average Bonchev–Trinajstić information content (AvgIpc) is 2.42. The topological polar surface area (TPSA) is 63.8 Å². The fraction of sp³-hybridized carbons (Fsp3) is 0.444. The fourth-order valence-electron chi connectivity index (χ4n) is 2.71. The second kappa shape index (κ2) is 6.96. The lowest BCUT2D eigenvalue weighted by Gasteiger charge is -2.16. The van der Waals surface area contributed by atoms with Crippen LogP contribution in [0.15, 0.2) is 27.4 Å². The Balaban J connectivity index is 2.28. The number of carbonyl (C=O) groups excluding carboxylic acids is 1. The zero-order valence-electron chi connectivity index (χ0n) is 14.4. The van der Waals surface area contributed by atoms with E-state index in [9.17, 15) is 9.59 Å². The van der Waals surface area contributed by atoms with Crippen LogP contribution < -0.4 is 15.8 Å². The summed E-state index contributed by atoms with van der Waals surface area (Å²) < 4.78 is 5.39. The standard InChI is InChI=1S/C18H24N2O3/c1-11(2)19-16(21)10-20(5)9-14-8-17(22)23-18-13(4)12(3)6-7-15(14)18/h6-8,11H,9-10H2,1-5H3,(H,19,21)/p+1. The lowest BCUT2D eigenvalue weighted by Crippen LogP contribution is -3.09. The summed E-state index contributed by atoms with van der Waals surface area (Å²) in [6.45, 7) is 8.79. The van der Waals surface area contributed by atoms with Crippen LogP contribution in [0.2, 0.25) is 0 Å². The Morgan fingerprint density at radius 2 is 2.00 bits per heavy atom. The molecule has 1 heterocycles. The van der Waals surface area contributed by atoms with Crippen molar-refractivity contribution in [2.24, 2.45) is 0 Å². The third-order valence-corrected chi connectivity index (χ3v) is 3.92. The summed E-state index contributed by atoms with van der Waals surface area (Å²) in [6.07, 6.45) is 0. The molecule has 1 aromatic carbocycles. The van der Waals surface area contributed by atoms with Gasteiger partial charge in [0.2, 0.25) is 0 Å². The van der Waals surface area contributed by atoms with Gasteiger partial charge in [0.25, 0.3) is 5.91 Å². The summed E-state index contributed by atoms with van der Waals surface area (Å²) in [4.78, 5) is 24.8. The molecule has 0 spiro atoms. The SMILES string of the molecule is Cc1ccc2c(C[NH+](C)CC(=O)NC(C)C)cc(=O)oc2c1C. The zero-order chi connectivity index (χ0) is 17.1. The minimum Gasteiger partial charge on any atom is -0.422 e. The molecule has 2 aromatic rings. The summed E-state index contributed by atoms with van der Waals surface area (Å²) in [5, 5.41) is 3.83.